The fraction of sp³-hybridized carbons (Fsp3) is 0.533. The number of hydrogen-bond donors (Lipinski definition) is 1. The van der Waals surface area contributed by atoms with Gasteiger partial charge in [-0.25, -0.2) is 0 Å². The van der Waals surface area contributed by atoms with Gasteiger partial charge in [0.05, 0.1) is 17.6 Å². The molecule has 0 amide bonds. The first-order valence-electron chi connectivity index (χ1n) is 6.80. The highest BCUT2D eigenvalue weighted by Gasteiger charge is 2.30. The lowest BCUT2D eigenvalue weighted by Gasteiger charge is -2.27. The third-order valence-electron chi connectivity index (χ3n) is 3.75. The maximum atomic E-state index is 12.6. The van der Waals surface area contributed by atoms with Gasteiger partial charge in [-0.05, 0) is 24.5 Å². The molecule has 0 saturated heterocycles. The van der Waals surface area contributed by atoms with Crippen molar-refractivity contribution in [1.82, 2.24) is 5.32 Å². The summed E-state index contributed by atoms with van der Waals surface area (Å²) >= 11 is 0. The van der Waals surface area contributed by atoms with Crippen LogP contribution in [0, 0.1) is 17.2 Å². The zero-order valence-corrected chi connectivity index (χ0v) is 11.1. The summed E-state index contributed by atoms with van der Waals surface area (Å²) in [6.07, 6.45) is -0.400. The molecule has 2 unspecified atom stereocenters. The average Bonchev–Trinajstić information content (AvgIpc) is 2.45. The van der Waals surface area contributed by atoms with Crippen LogP contribution in [0.3, 0.4) is 0 Å². The van der Waals surface area contributed by atoms with Crippen molar-refractivity contribution in [3.05, 3.63) is 35.4 Å². The Kier molecular flexibility index (Phi) is 4.66. The number of benzene rings is 1. The molecule has 20 heavy (non-hydrogen) atoms. The molecule has 2 nitrogen and oxygen atoms in total. The minimum Gasteiger partial charge on any atom is -0.309 e. The number of nitrogens with zero attached hydrogens (tertiary/aromatic N) is 1. The first kappa shape index (κ1) is 14.9. The van der Waals surface area contributed by atoms with Gasteiger partial charge in [0, 0.05) is 12.6 Å². The van der Waals surface area contributed by atoms with Crippen LogP contribution in [-0.4, -0.2) is 6.04 Å². The Labute approximate surface area is 116 Å². The molecule has 0 radical (unpaired) electrons. The van der Waals surface area contributed by atoms with E-state index in [0.29, 0.717) is 12.1 Å². The van der Waals surface area contributed by atoms with E-state index in [9.17, 15) is 13.2 Å². The summed E-state index contributed by atoms with van der Waals surface area (Å²) in [7, 11) is 0. The van der Waals surface area contributed by atoms with Crippen LogP contribution in [0.4, 0.5) is 13.2 Å². The molecule has 0 spiro atoms. The lowest BCUT2D eigenvalue weighted by Crippen LogP contribution is -2.37. The summed E-state index contributed by atoms with van der Waals surface area (Å²) in [6.45, 7) is 0.368. The standard InChI is InChI=1S/C15H17F3N2/c16-15(17,18)13-6-3-4-11(8-13)10-20-14-7-2-1-5-12(14)9-19/h3-4,6,8,12,14,20H,1-2,5,7,10H2. The summed E-state index contributed by atoms with van der Waals surface area (Å²) in [6, 6.07) is 7.70. The number of nitriles is 1. The second-order valence-electron chi connectivity index (χ2n) is 5.21. The molecule has 1 fully saturated rings. The molecule has 1 aromatic rings. The van der Waals surface area contributed by atoms with Crippen molar-refractivity contribution in [3.63, 3.8) is 0 Å². The molecule has 1 aliphatic rings. The van der Waals surface area contributed by atoms with Crippen molar-refractivity contribution in [3.8, 4) is 6.07 Å². The Morgan fingerprint density at radius 1 is 1.25 bits per heavy atom. The van der Waals surface area contributed by atoms with E-state index in [1.807, 2.05) is 0 Å². The molecule has 2 atom stereocenters. The van der Waals surface area contributed by atoms with E-state index in [1.54, 1.807) is 6.07 Å². The van der Waals surface area contributed by atoms with Crippen LogP contribution in [0.15, 0.2) is 24.3 Å². The van der Waals surface area contributed by atoms with Crippen molar-refractivity contribution in [2.45, 2.75) is 44.4 Å². The lowest BCUT2D eigenvalue weighted by molar-refractivity contribution is -0.137. The Morgan fingerprint density at radius 2 is 2.00 bits per heavy atom. The normalized spacial score (nSPS) is 23.3. The predicted molar refractivity (Wildman–Crippen MR) is 69.6 cm³/mol. The fourth-order valence-electron chi connectivity index (χ4n) is 2.64. The van der Waals surface area contributed by atoms with E-state index in [1.165, 1.54) is 6.07 Å². The molecule has 1 saturated carbocycles. The van der Waals surface area contributed by atoms with Gasteiger partial charge >= 0.3 is 6.18 Å². The zero-order valence-electron chi connectivity index (χ0n) is 11.1. The van der Waals surface area contributed by atoms with Crippen LogP contribution in [0.2, 0.25) is 0 Å². The summed E-state index contributed by atoms with van der Waals surface area (Å²) in [4.78, 5) is 0. The molecule has 108 valence electrons. The van der Waals surface area contributed by atoms with E-state index in [2.05, 4.69) is 11.4 Å². The first-order chi connectivity index (χ1) is 9.50. The summed E-state index contributed by atoms with van der Waals surface area (Å²) < 4.78 is 37.8. The van der Waals surface area contributed by atoms with Gasteiger partial charge in [0.25, 0.3) is 0 Å². The van der Waals surface area contributed by atoms with Gasteiger partial charge in [-0.1, -0.05) is 31.0 Å². The minimum atomic E-state index is -4.31. The van der Waals surface area contributed by atoms with Gasteiger partial charge in [-0.15, -0.1) is 0 Å². The van der Waals surface area contributed by atoms with Gasteiger partial charge < -0.3 is 5.32 Å². The number of rotatable bonds is 3. The van der Waals surface area contributed by atoms with Crippen LogP contribution >= 0.6 is 0 Å². The van der Waals surface area contributed by atoms with Crippen LogP contribution < -0.4 is 5.32 Å². The maximum absolute atomic E-state index is 12.6. The Hall–Kier alpha value is -1.54. The molecule has 1 N–H and O–H groups in total. The molecule has 1 aromatic carbocycles. The Balaban J connectivity index is 1.99. The molecule has 2 rings (SSSR count). The van der Waals surface area contributed by atoms with Gasteiger partial charge in [0.2, 0.25) is 0 Å². The number of hydrogen-bond acceptors (Lipinski definition) is 2. The highest BCUT2D eigenvalue weighted by atomic mass is 19.4. The summed E-state index contributed by atoms with van der Waals surface area (Å²) in [5.74, 6) is -0.0328. The summed E-state index contributed by atoms with van der Waals surface area (Å²) in [5.41, 5.74) is -0.0284. The largest absolute Gasteiger partial charge is 0.416 e. The van der Waals surface area contributed by atoms with E-state index < -0.39 is 11.7 Å². The highest BCUT2D eigenvalue weighted by molar-refractivity contribution is 5.25. The zero-order chi connectivity index (χ0) is 14.6. The third-order valence-corrected chi connectivity index (χ3v) is 3.75. The molecule has 1 aliphatic carbocycles. The molecule has 0 aromatic heterocycles. The minimum absolute atomic E-state index is 0.0328. The topological polar surface area (TPSA) is 35.8 Å². The van der Waals surface area contributed by atoms with Gasteiger partial charge in [0.15, 0.2) is 0 Å². The van der Waals surface area contributed by atoms with Crippen molar-refractivity contribution < 1.29 is 13.2 Å². The van der Waals surface area contributed by atoms with Gasteiger partial charge in [-0.2, -0.15) is 18.4 Å². The average molecular weight is 282 g/mol. The van der Waals surface area contributed by atoms with Crippen molar-refractivity contribution >= 4 is 0 Å². The SMILES string of the molecule is N#CC1CCCCC1NCc1cccc(C(F)(F)F)c1. The van der Waals surface area contributed by atoms with Gasteiger partial charge in [0.1, 0.15) is 0 Å². The van der Waals surface area contributed by atoms with Crippen molar-refractivity contribution in [2.24, 2.45) is 5.92 Å². The predicted octanol–water partition coefficient (Wildman–Crippen LogP) is 3.88. The van der Waals surface area contributed by atoms with Crippen LogP contribution in [-0.2, 0) is 12.7 Å². The van der Waals surface area contributed by atoms with E-state index >= 15 is 0 Å². The molecule has 0 heterocycles. The molecule has 5 heteroatoms. The smallest absolute Gasteiger partial charge is 0.309 e. The van der Waals surface area contributed by atoms with Crippen molar-refractivity contribution in [2.75, 3.05) is 0 Å². The molecule has 0 bridgehead atoms. The van der Waals surface area contributed by atoms with Crippen LogP contribution in [0.1, 0.15) is 36.8 Å². The van der Waals surface area contributed by atoms with Gasteiger partial charge in [-0.3, -0.25) is 0 Å². The fourth-order valence-corrected chi connectivity index (χ4v) is 2.64. The number of nitrogens with one attached hydrogen (secondary N) is 1. The van der Waals surface area contributed by atoms with E-state index in [-0.39, 0.29) is 12.0 Å². The molecule has 0 aliphatic heterocycles. The van der Waals surface area contributed by atoms with E-state index in [4.69, 9.17) is 5.26 Å². The van der Waals surface area contributed by atoms with Crippen molar-refractivity contribution in [1.29, 1.82) is 5.26 Å². The molecular formula is C15H17F3N2. The summed E-state index contributed by atoms with van der Waals surface area (Å²) in [5, 5.41) is 12.3. The number of halogens is 3. The van der Waals surface area contributed by atoms with Crippen LogP contribution in [0.25, 0.3) is 0 Å². The first-order valence-corrected chi connectivity index (χ1v) is 6.80. The molecular weight excluding hydrogens is 265 g/mol. The quantitative estimate of drug-likeness (QED) is 0.913. The Bertz CT molecular complexity index is 491. The number of alkyl halides is 3. The second-order valence-corrected chi connectivity index (χ2v) is 5.21. The second kappa shape index (κ2) is 6.27. The highest BCUT2D eigenvalue weighted by Crippen LogP contribution is 2.30. The maximum Gasteiger partial charge on any atom is 0.416 e. The third kappa shape index (κ3) is 3.73. The van der Waals surface area contributed by atoms with Crippen LogP contribution in [0.5, 0.6) is 0 Å². The monoisotopic (exact) mass is 282 g/mol. The lowest BCUT2D eigenvalue weighted by atomic mass is 9.85. The Morgan fingerprint density at radius 3 is 2.70 bits per heavy atom. The van der Waals surface area contributed by atoms with E-state index in [0.717, 1.165) is 37.8 Å².